The molecule has 1 N–H and O–H groups in total. The summed E-state index contributed by atoms with van der Waals surface area (Å²) in [6, 6.07) is 2.67. The minimum absolute atomic E-state index is 0.0724. The molecule has 0 saturated heterocycles. The first-order valence-corrected chi connectivity index (χ1v) is 11.0. The second-order valence-corrected chi connectivity index (χ2v) is 9.35. The number of halogens is 2. The summed E-state index contributed by atoms with van der Waals surface area (Å²) < 4.78 is 19.8. The zero-order valence-corrected chi connectivity index (χ0v) is 19.1. The summed E-state index contributed by atoms with van der Waals surface area (Å²) in [6.45, 7) is 11.3. The average molecular weight is 432 g/mol. The number of hydrogen-bond donors (Lipinski definition) is 1. The topological polar surface area (TPSA) is 55.4 Å². The number of anilines is 1. The first kappa shape index (κ1) is 24.8. The molecule has 0 aromatic heterocycles. The van der Waals surface area contributed by atoms with Crippen LogP contribution in [-0.4, -0.2) is 22.7 Å². The number of thioether (sulfide) groups is 1. The van der Waals surface area contributed by atoms with E-state index in [0.717, 1.165) is 6.42 Å². The molecule has 1 atom stereocenters. The molecule has 28 heavy (non-hydrogen) atoms. The highest BCUT2D eigenvalue weighted by Gasteiger charge is 2.27. The smallest absolute Gasteiger partial charge is 0.319 e. The summed E-state index contributed by atoms with van der Waals surface area (Å²) in [5.74, 6) is -1.33. The number of amides is 1. The molecule has 158 valence electrons. The zero-order chi connectivity index (χ0) is 21.5. The second-order valence-electron chi connectivity index (χ2n) is 7.69. The number of hydrogen-bond acceptors (Lipinski definition) is 4. The van der Waals surface area contributed by atoms with E-state index < -0.39 is 16.7 Å². The van der Waals surface area contributed by atoms with Crippen LogP contribution in [0.5, 0.6) is 0 Å². The Balaban J connectivity index is 3.08. The van der Waals surface area contributed by atoms with Crippen LogP contribution in [0.2, 0.25) is 5.02 Å². The van der Waals surface area contributed by atoms with Crippen molar-refractivity contribution >= 4 is 40.9 Å². The molecule has 0 spiro atoms. The molecule has 0 aliphatic rings. The molecule has 0 radical (unpaired) electrons. The fourth-order valence-corrected chi connectivity index (χ4v) is 4.06. The monoisotopic (exact) mass is 431 g/mol. The molecule has 0 bridgehead atoms. The van der Waals surface area contributed by atoms with E-state index in [2.05, 4.69) is 5.32 Å². The van der Waals surface area contributed by atoms with Crippen molar-refractivity contribution in [1.29, 1.82) is 0 Å². The normalized spacial score (nSPS) is 12.8. The van der Waals surface area contributed by atoms with Gasteiger partial charge in [-0.25, -0.2) is 4.39 Å². The van der Waals surface area contributed by atoms with Crippen LogP contribution in [0.25, 0.3) is 0 Å². The van der Waals surface area contributed by atoms with Crippen molar-refractivity contribution in [2.75, 3.05) is 5.32 Å². The van der Waals surface area contributed by atoms with Crippen molar-refractivity contribution in [3.05, 3.63) is 23.0 Å². The van der Waals surface area contributed by atoms with E-state index in [9.17, 15) is 14.0 Å². The molecule has 0 fully saturated rings. The van der Waals surface area contributed by atoms with Gasteiger partial charge in [0.1, 0.15) is 16.7 Å². The van der Waals surface area contributed by atoms with Gasteiger partial charge in [0.2, 0.25) is 5.91 Å². The molecule has 1 aromatic carbocycles. The van der Waals surface area contributed by atoms with E-state index in [1.807, 2.05) is 41.5 Å². The van der Waals surface area contributed by atoms with Crippen molar-refractivity contribution in [1.82, 2.24) is 0 Å². The average Bonchev–Trinajstić information content (AvgIpc) is 2.58. The number of carbonyl (C=O) groups excluding carboxylic acids is 2. The van der Waals surface area contributed by atoms with E-state index in [1.165, 1.54) is 23.9 Å². The Morgan fingerprint density at radius 2 is 1.82 bits per heavy atom. The number of nitrogens with one attached hydrogen (secondary N) is 1. The molecule has 1 unspecified atom stereocenters. The summed E-state index contributed by atoms with van der Waals surface area (Å²) in [4.78, 5) is 25.4. The van der Waals surface area contributed by atoms with Crippen molar-refractivity contribution < 1.29 is 18.7 Å². The van der Waals surface area contributed by atoms with Gasteiger partial charge in [0.05, 0.1) is 10.7 Å². The van der Waals surface area contributed by atoms with Gasteiger partial charge in [-0.2, -0.15) is 0 Å². The van der Waals surface area contributed by atoms with Crippen LogP contribution in [0.15, 0.2) is 17.0 Å². The maximum absolute atomic E-state index is 14.3. The van der Waals surface area contributed by atoms with Gasteiger partial charge in [-0.3, -0.25) is 9.59 Å². The lowest BCUT2D eigenvalue weighted by Crippen LogP contribution is -2.30. The van der Waals surface area contributed by atoms with Gasteiger partial charge in [0, 0.05) is 10.8 Å². The summed E-state index contributed by atoms with van der Waals surface area (Å²) >= 11 is 7.45. The molecule has 1 amide bonds. The number of benzene rings is 1. The van der Waals surface area contributed by atoms with Gasteiger partial charge < -0.3 is 10.1 Å². The van der Waals surface area contributed by atoms with Crippen LogP contribution in [-0.2, 0) is 14.3 Å². The quantitative estimate of drug-likeness (QED) is 0.360. The lowest BCUT2D eigenvalue weighted by Gasteiger charge is -2.24. The second kappa shape index (κ2) is 11.1. The highest BCUT2D eigenvalue weighted by Crippen LogP contribution is 2.37. The van der Waals surface area contributed by atoms with Crippen molar-refractivity contribution in [3.63, 3.8) is 0 Å². The molecule has 0 saturated carbocycles. The number of ether oxygens (including phenoxy) is 1. The van der Waals surface area contributed by atoms with E-state index >= 15 is 0 Å². The molecule has 7 heteroatoms. The highest BCUT2D eigenvalue weighted by molar-refractivity contribution is 8.00. The minimum atomic E-state index is -0.599. The van der Waals surface area contributed by atoms with Gasteiger partial charge in [-0.05, 0) is 52.2 Å². The zero-order valence-electron chi connectivity index (χ0n) is 17.5. The van der Waals surface area contributed by atoms with E-state index in [0.29, 0.717) is 24.2 Å². The summed E-state index contributed by atoms with van der Waals surface area (Å²) in [7, 11) is 0. The first-order chi connectivity index (χ1) is 13.0. The van der Waals surface area contributed by atoms with Crippen molar-refractivity contribution in [2.24, 2.45) is 5.92 Å². The fraction of sp³-hybridized carbons (Fsp3) is 0.619. The van der Waals surface area contributed by atoms with Crippen LogP contribution in [0.4, 0.5) is 10.1 Å². The van der Waals surface area contributed by atoms with Gasteiger partial charge in [0.15, 0.2) is 0 Å². The molecule has 1 rings (SSSR count). The number of esters is 1. The van der Waals surface area contributed by atoms with E-state index in [1.54, 1.807) is 0 Å². The van der Waals surface area contributed by atoms with Crippen LogP contribution in [0.1, 0.15) is 67.2 Å². The Morgan fingerprint density at radius 3 is 2.32 bits per heavy atom. The van der Waals surface area contributed by atoms with Crippen LogP contribution < -0.4 is 5.32 Å². The van der Waals surface area contributed by atoms with Gasteiger partial charge in [0.25, 0.3) is 0 Å². The Bertz CT molecular complexity index is 687. The van der Waals surface area contributed by atoms with Gasteiger partial charge >= 0.3 is 5.97 Å². The first-order valence-electron chi connectivity index (χ1n) is 9.71. The molecule has 1 aromatic rings. The number of rotatable bonds is 9. The largest absolute Gasteiger partial charge is 0.459 e. The summed E-state index contributed by atoms with van der Waals surface area (Å²) in [6.07, 6.45) is 2.74. The van der Waals surface area contributed by atoms with E-state index in [4.69, 9.17) is 16.3 Å². The molecule has 0 aliphatic heterocycles. The third kappa shape index (κ3) is 7.63. The van der Waals surface area contributed by atoms with Crippen LogP contribution >= 0.6 is 23.4 Å². The van der Waals surface area contributed by atoms with Crippen molar-refractivity contribution in [3.8, 4) is 0 Å². The maximum Gasteiger partial charge on any atom is 0.319 e. The predicted molar refractivity (Wildman–Crippen MR) is 115 cm³/mol. The Kier molecular flexibility index (Phi) is 9.78. The van der Waals surface area contributed by atoms with Crippen LogP contribution in [0.3, 0.4) is 0 Å². The fourth-order valence-electron chi connectivity index (χ4n) is 2.62. The predicted octanol–water partition coefficient (Wildman–Crippen LogP) is 6.46. The molecule has 0 heterocycles. The Labute approximate surface area is 176 Å². The van der Waals surface area contributed by atoms with Gasteiger partial charge in [-0.15, -0.1) is 11.8 Å². The standard InChI is InChI=1S/C21H31ClFNO3S/c1-7-10-17(20(26)27-21(4,5)6)28-18-12-16(15(23)11-14(18)22)24-19(25)13(8-2)9-3/h11-13,17H,7-10H2,1-6H3,(H,24,25). The molecular formula is C21H31ClFNO3S. The van der Waals surface area contributed by atoms with E-state index in [-0.39, 0.29) is 28.5 Å². The number of carbonyl (C=O) groups is 2. The SMILES string of the molecule is CCCC(Sc1cc(NC(=O)C(CC)CC)c(F)cc1Cl)C(=O)OC(C)(C)C. The Hall–Kier alpha value is -1.27. The minimum Gasteiger partial charge on any atom is -0.459 e. The lowest BCUT2D eigenvalue weighted by molar-refractivity contribution is -0.154. The molecular weight excluding hydrogens is 401 g/mol. The molecule has 4 nitrogen and oxygen atoms in total. The maximum atomic E-state index is 14.3. The highest BCUT2D eigenvalue weighted by atomic mass is 35.5. The summed E-state index contributed by atoms with van der Waals surface area (Å²) in [5.41, 5.74) is -0.520. The van der Waals surface area contributed by atoms with Crippen molar-refractivity contribution in [2.45, 2.75) is 83.0 Å². The lowest BCUT2D eigenvalue weighted by atomic mass is 10.0. The van der Waals surface area contributed by atoms with Gasteiger partial charge in [-0.1, -0.05) is 38.8 Å². The van der Waals surface area contributed by atoms with Crippen LogP contribution in [0, 0.1) is 11.7 Å². The third-order valence-corrected chi connectivity index (χ3v) is 5.85. The summed E-state index contributed by atoms with van der Waals surface area (Å²) in [5, 5.41) is 2.39. The molecule has 0 aliphatic carbocycles. The Morgan fingerprint density at radius 1 is 1.21 bits per heavy atom. The third-order valence-electron chi connectivity index (χ3n) is 4.13.